The second-order valence-corrected chi connectivity index (χ2v) is 4.23. The van der Waals surface area contributed by atoms with Crippen LogP contribution in [0.15, 0.2) is 24.3 Å². The number of nitrogens with zero attached hydrogens (tertiary/aromatic N) is 1. The molecule has 16 heavy (non-hydrogen) atoms. The van der Waals surface area contributed by atoms with E-state index in [0.29, 0.717) is 17.2 Å². The molecule has 3 nitrogen and oxygen atoms in total. The molecule has 1 aromatic rings. The van der Waals surface area contributed by atoms with Crippen LogP contribution in [0, 0.1) is 17.2 Å². The van der Waals surface area contributed by atoms with E-state index in [-0.39, 0.29) is 6.10 Å². The Bertz CT molecular complexity index is 397. The molecule has 3 heteroatoms. The summed E-state index contributed by atoms with van der Waals surface area (Å²) in [5.74, 6) is 1.23. The van der Waals surface area contributed by atoms with Crippen molar-refractivity contribution in [3.05, 3.63) is 29.8 Å². The van der Waals surface area contributed by atoms with Crippen LogP contribution in [-0.2, 0) is 0 Å². The third-order valence-corrected chi connectivity index (χ3v) is 3.04. The van der Waals surface area contributed by atoms with Crippen LogP contribution < -0.4 is 10.1 Å². The molecule has 1 N–H and O–H groups in total. The molecular weight excluding hydrogens is 200 g/mol. The molecule has 1 fully saturated rings. The molecule has 1 aliphatic rings. The van der Waals surface area contributed by atoms with E-state index >= 15 is 0 Å². The molecule has 1 aliphatic heterocycles. The quantitative estimate of drug-likeness (QED) is 0.821. The Balaban J connectivity index is 2.11. The number of ether oxygens (including phenoxy) is 1. The van der Waals surface area contributed by atoms with Crippen molar-refractivity contribution in [3.8, 4) is 11.8 Å². The Morgan fingerprint density at radius 1 is 1.44 bits per heavy atom. The summed E-state index contributed by atoms with van der Waals surface area (Å²) in [4.78, 5) is 0. The van der Waals surface area contributed by atoms with Crippen LogP contribution in [-0.4, -0.2) is 19.2 Å². The van der Waals surface area contributed by atoms with Crippen LogP contribution in [0.2, 0.25) is 0 Å². The van der Waals surface area contributed by atoms with Gasteiger partial charge in [0.25, 0.3) is 0 Å². The lowest BCUT2D eigenvalue weighted by Gasteiger charge is -2.30. The molecule has 1 saturated heterocycles. The smallest absolute Gasteiger partial charge is 0.137 e. The maximum Gasteiger partial charge on any atom is 0.137 e. The molecule has 0 aromatic heterocycles. The van der Waals surface area contributed by atoms with Gasteiger partial charge in [-0.25, -0.2) is 0 Å². The van der Waals surface area contributed by atoms with Gasteiger partial charge >= 0.3 is 0 Å². The van der Waals surface area contributed by atoms with E-state index in [2.05, 4.69) is 18.3 Å². The molecule has 2 rings (SSSR count). The van der Waals surface area contributed by atoms with Crippen LogP contribution in [0.3, 0.4) is 0 Å². The van der Waals surface area contributed by atoms with E-state index in [0.717, 1.165) is 19.5 Å². The van der Waals surface area contributed by atoms with Gasteiger partial charge in [0.15, 0.2) is 0 Å². The van der Waals surface area contributed by atoms with E-state index in [1.807, 2.05) is 18.2 Å². The van der Waals surface area contributed by atoms with Gasteiger partial charge in [-0.15, -0.1) is 0 Å². The molecule has 2 atom stereocenters. The molecule has 1 aromatic carbocycles. The zero-order valence-electron chi connectivity index (χ0n) is 9.44. The molecule has 84 valence electrons. The molecule has 1 heterocycles. The lowest BCUT2D eigenvalue weighted by atomic mass is 9.97. The molecule has 0 saturated carbocycles. The van der Waals surface area contributed by atoms with Gasteiger partial charge in [-0.2, -0.15) is 5.26 Å². The Kier molecular flexibility index (Phi) is 3.43. The zero-order valence-corrected chi connectivity index (χ0v) is 9.44. The van der Waals surface area contributed by atoms with E-state index in [1.165, 1.54) is 0 Å². The molecule has 0 aliphatic carbocycles. The maximum absolute atomic E-state index is 8.97. The number of nitrogens with one attached hydrogen (secondary N) is 1. The summed E-state index contributed by atoms with van der Waals surface area (Å²) >= 11 is 0. The average Bonchev–Trinajstić information content (AvgIpc) is 2.33. The molecular formula is C13H16N2O. The zero-order chi connectivity index (χ0) is 11.4. The number of hydrogen-bond donors (Lipinski definition) is 1. The van der Waals surface area contributed by atoms with Gasteiger partial charge < -0.3 is 10.1 Å². The van der Waals surface area contributed by atoms with Crippen molar-refractivity contribution in [2.75, 3.05) is 13.1 Å². The Labute approximate surface area is 96.0 Å². The summed E-state index contributed by atoms with van der Waals surface area (Å²) in [6, 6.07) is 9.56. The topological polar surface area (TPSA) is 45.0 Å². The first-order chi connectivity index (χ1) is 7.81. The highest BCUT2D eigenvalue weighted by Gasteiger charge is 2.23. The fourth-order valence-corrected chi connectivity index (χ4v) is 1.94. The Hall–Kier alpha value is -1.53. The van der Waals surface area contributed by atoms with Crippen molar-refractivity contribution in [1.29, 1.82) is 5.26 Å². The molecule has 2 unspecified atom stereocenters. The lowest BCUT2D eigenvalue weighted by Crippen LogP contribution is -2.42. The first kappa shape index (κ1) is 11.0. The summed E-state index contributed by atoms with van der Waals surface area (Å²) < 4.78 is 5.90. The summed E-state index contributed by atoms with van der Waals surface area (Å²) in [5.41, 5.74) is 0.611. The van der Waals surface area contributed by atoms with Crippen LogP contribution in [0.1, 0.15) is 18.9 Å². The molecule has 0 spiro atoms. The number of hydrogen-bond acceptors (Lipinski definition) is 3. The SMILES string of the molecule is CC1CCNCC1Oc1ccccc1C#N. The van der Waals surface area contributed by atoms with Crippen LogP contribution >= 0.6 is 0 Å². The van der Waals surface area contributed by atoms with Crippen LogP contribution in [0.4, 0.5) is 0 Å². The van der Waals surface area contributed by atoms with E-state index < -0.39 is 0 Å². The van der Waals surface area contributed by atoms with E-state index in [4.69, 9.17) is 10.00 Å². The maximum atomic E-state index is 8.97. The second kappa shape index (κ2) is 5.00. The van der Waals surface area contributed by atoms with Crippen molar-refractivity contribution < 1.29 is 4.74 Å². The minimum absolute atomic E-state index is 0.170. The van der Waals surface area contributed by atoms with Crippen LogP contribution in [0.5, 0.6) is 5.75 Å². The Morgan fingerprint density at radius 3 is 3.00 bits per heavy atom. The first-order valence-electron chi connectivity index (χ1n) is 5.68. The monoisotopic (exact) mass is 216 g/mol. The van der Waals surface area contributed by atoms with E-state index in [1.54, 1.807) is 6.07 Å². The number of para-hydroxylation sites is 1. The van der Waals surface area contributed by atoms with Crippen molar-refractivity contribution in [2.45, 2.75) is 19.4 Å². The normalized spacial score (nSPS) is 24.8. The standard InChI is InChI=1S/C13H16N2O/c1-10-6-7-15-9-13(10)16-12-5-3-2-4-11(12)8-14/h2-5,10,13,15H,6-7,9H2,1H3. The Morgan fingerprint density at radius 2 is 2.25 bits per heavy atom. The number of rotatable bonds is 2. The summed E-state index contributed by atoms with van der Waals surface area (Å²) in [7, 11) is 0. The van der Waals surface area contributed by atoms with Gasteiger partial charge in [-0.05, 0) is 31.0 Å². The highest BCUT2D eigenvalue weighted by Crippen LogP contribution is 2.22. The first-order valence-corrected chi connectivity index (χ1v) is 5.68. The van der Waals surface area contributed by atoms with Crippen molar-refractivity contribution in [2.24, 2.45) is 5.92 Å². The highest BCUT2D eigenvalue weighted by molar-refractivity contribution is 5.42. The van der Waals surface area contributed by atoms with Gasteiger partial charge in [0.05, 0.1) is 5.56 Å². The van der Waals surface area contributed by atoms with Gasteiger partial charge in [0.2, 0.25) is 0 Å². The summed E-state index contributed by atoms with van der Waals surface area (Å²) in [5, 5.41) is 12.3. The molecule has 0 amide bonds. The minimum atomic E-state index is 0.170. The fraction of sp³-hybridized carbons (Fsp3) is 0.462. The van der Waals surface area contributed by atoms with Crippen molar-refractivity contribution in [1.82, 2.24) is 5.32 Å². The predicted octanol–water partition coefficient (Wildman–Crippen LogP) is 1.94. The molecule has 0 radical (unpaired) electrons. The minimum Gasteiger partial charge on any atom is -0.487 e. The van der Waals surface area contributed by atoms with Crippen LogP contribution in [0.25, 0.3) is 0 Å². The second-order valence-electron chi connectivity index (χ2n) is 4.23. The third-order valence-electron chi connectivity index (χ3n) is 3.04. The third kappa shape index (κ3) is 2.34. The largest absolute Gasteiger partial charge is 0.487 e. The lowest BCUT2D eigenvalue weighted by molar-refractivity contribution is 0.114. The number of nitriles is 1. The van der Waals surface area contributed by atoms with Gasteiger partial charge in [0.1, 0.15) is 17.9 Å². The number of benzene rings is 1. The number of piperidine rings is 1. The van der Waals surface area contributed by atoms with E-state index in [9.17, 15) is 0 Å². The predicted molar refractivity (Wildman–Crippen MR) is 62.2 cm³/mol. The van der Waals surface area contributed by atoms with Gasteiger partial charge in [0, 0.05) is 6.54 Å². The summed E-state index contributed by atoms with van der Waals surface area (Å²) in [6.07, 6.45) is 1.29. The van der Waals surface area contributed by atoms with Crippen molar-refractivity contribution >= 4 is 0 Å². The fourth-order valence-electron chi connectivity index (χ4n) is 1.94. The van der Waals surface area contributed by atoms with Crippen molar-refractivity contribution in [3.63, 3.8) is 0 Å². The van der Waals surface area contributed by atoms with Gasteiger partial charge in [-0.3, -0.25) is 0 Å². The highest BCUT2D eigenvalue weighted by atomic mass is 16.5. The van der Waals surface area contributed by atoms with Gasteiger partial charge in [-0.1, -0.05) is 19.1 Å². The summed E-state index contributed by atoms with van der Waals surface area (Å²) in [6.45, 7) is 4.11. The molecule has 0 bridgehead atoms. The average molecular weight is 216 g/mol.